The molecule has 0 unspecified atom stereocenters. The Morgan fingerprint density at radius 3 is 2.88 bits per heavy atom. The van der Waals surface area contributed by atoms with Gasteiger partial charge in [0.15, 0.2) is 0 Å². The van der Waals surface area contributed by atoms with Crippen molar-refractivity contribution in [2.75, 3.05) is 20.2 Å². The minimum absolute atomic E-state index is 0.291. The van der Waals surface area contributed by atoms with Crippen LogP contribution in [0.3, 0.4) is 0 Å². The van der Waals surface area contributed by atoms with Crippen LogP contribution in [-0.2, 0) is 11.2 Å². The fraction of sp³-hybridized carbons (Fsp3) is 0.368. The second-order valence-electron chi connectivity index (χ2n) is 6.11. The molecule has 0 bridgehead atoms. The number of carbonyl (C=O) groups excluding carboxylic acids is 1. The summed E-state index contributed by atoms with van der Waals surface area (Å²) < 4.78 is 5.34. The average Bonchev–Trinajstić information content (AvgIpc) is 3.03. The van der Waals surface area contributed by atoms with Gasteiger partial charge in [0.25, 0.3) is 0 Å². The zero-order valence-corrected chi connectivity index (χ0v) is 14.5. The van der Waals surface area contributed by atoms with Crippen LogP contribution < -0.4 is 0 Å². The van der Waals surface area contributed by atoms with Crippen molar-refractivity contribution in [1.29, 1.82) is 0 Å². The lowest BCUT2D eigenvalue weighted by Gasteiger charge is -2.20. The van der Waals surface area contributed by atoms with E-state index in [1.54, 1.807) is 12.1 Å². The maximum Gasteiger partial charge on any atom is 0.338 e. The molecule has 2 aromatic rings. The van der Waals surface area contributed by atoms with Gasteiger partial charge in [0.2, 0.25) is 0 Å². The van der Waals surface area contributed by atoms with E-state index in [0.717, 1.165) is 18.5 Å². The Morgan fingerprint density at radius 2 is 2.17 bits per heavy atom. The first-order valence-electron chi connectivity index (χ1n) is 8.22. The second kappa shape index (κ2) is 7.77. The molecule has 0 amide bonds. The van der Waals surface area contributed by atoms with E-state index < -0.39 is 0 Å². The molecule has 24 heavy (non-hydrogen) atoms. The number of esters is 1. The molecule has 0 radical (unpaired) electrons. The first kappa shape index (κ1) is 16.9. The topological polar surface area (TPSA) is 42.4 Å². The normalized spacial score (nSPS) is 17.8. The third kappa shape index (κ3) is 3.94. The number of hydrogen-bond acceptors (Lipinski definition) is 4. The number of aromatic nitrogens is 1. The minimum atomic E-state index is -0.314. The fourth-order valence-electron chi connectivity index (χ4n) is 3.11. The molecule has 1 aliphatic rings. The van der Waals surface area contributed by atoms with Crippen molar-refractivity contribution in [2.24, 2.45) is 0 Å². The Bertz CT molecular complexity index is 706. The molecule has 1 fully saturated rings. The summed E-state index contributed by atoms with van der Waals surface area (Å²) in [5.74, 6) is -0.314. The highest BCUT2D eigenvalue weighted by Crippen LogP contribution is 2.31. The van der Waals surface area contributed by atoms with E-state index in [0.29, 0.717) is 29.8 Å². The lowest BCUT2D eigenvalue weighted by Crippen LogP contribution is -2.18. The number of ether oxygens (including phenoxy) is 1. The first-order chi connectivity index (χ1) is 11.6. The predicted molar refractivity (Wildman–Crippen MR) is 94.3 cm³/mol. The lowest BCUT2D eigenvalue weighted by atomic mass is 10.0. The third-order valence-electron chi connectivity index (χ3n) is 4.45. The van der Waals surface area contributed by atoms with E-state index in [4.69, 9.17) is 16.3 Å². The van der Waals surface area contributed by atoms with Crippen LogP contribution in [0, 0.1) is 0 Å². The molecule has 1 aliphatic heterocycles. The van der Waals surface area contributed by atoms with E-state index in [1.807, 2.05) is 24.4 Å². The van der Waals surface area contributed by atoms with E-state index >= 15 is 0 Å². The minimum Gasteiger partial charge on any atom is -0.462 e. The highest BCUT2D eigenvalue weighted by atomic mass is 35.5. The standard InChI is InChI=1S/C19H21ClN2O2/c1-22-10-5-8-17(22)16-12-15(18(20)21-13-16)9-11-24-19(23)14-6-3-2-4-7-14/h2-4,6-7,12-13,17H,5,8-11H2,1H3/t17-/m0/s1. The highest BCUT2D eigenvalue weighted by Gasteiger charge is 2.23. The zero-order valence-electron chi connectivity index (χ0n) is 13.7. The van der Waals surface area contributed by atoms with Crippen molar-refractivity contribution in [3.63, 3.8) is 0 Å². The summed E-state index contributed by atoms with van der Waals surface area (Å²) in [4.78, 5) is 18.6. The smallest absolute Gasteiger partial charge is 0.338 e. The molecule has 0 spiro atoms. The van der Waals surface area contributed by atoms with Crippen LogP contribution in [-0.4, -0.2) is 36.1 Å². The summed E-state index contributed by atoms with van der Waals surface area (Å²) in [6.07, 6.45) is 4.76. The number of rotatable bonds is 5. The Balaban J connectivity index is 1.61. The number of benzene rings is 1. The fourth-order valence-corrected chi connectivity index (χ4v) is 3.31. The van der Waals surface area contributed by atoms with Gasteiger partial charge in [-0.2, -0.15) is 0 Å². The molecular formula is C19H21ClN2O2. The lowest BCUT2D eigenvalue weighted by molar-refractivity contribution is 0.0509. The van der Waals surface area contributed by atoms with Crippen LogP contribution in [0.15, 0.2) is 42.6 Å². The summed E-state index contributed by atoms with van der Waals surface area (Å²) in [6.45, 7) is 1.40. The molecule has 3 rings (SSSR count). The summed E-state index contributed by atoms with van der Waals surface area (Å²) in [6, 6.07) is 11.5. The second-order valence-corrected chi connectivity index (χ2v) is 6.47. The van der Waals surface area contributed by atoms with Crippen LogP contribution in [0.5, 0.6) is 0 Å². The van der Waals surface area contributed by atoms with Gasteiger partial charge in [-0.15, -0.1) is 0 Å². The number of pyridine rings is 1. The monoisotopic (exact) mass is 344 g/mol. The maximum atomic E-state index is 12.0. The third-order valence-corrected chi connectivity index (χ3v) is 4.79. The first-order valence-corrected chi connectivity index (χ1v) is 8.59. The number of nitrogens with zero attached hydrogens (tertiary/aromatic N) is 2. The largest absolute Gasteiger partial charge is 0.462 e. The Hall–Kier alpha value is -1.91. The van der Waals surface area contributed by atoms with Gasteiger partial charge in [-0.05, 0) is 55.8 Å². The van der Waals surface area contributed by atoms with Crippen molar-refractivity contribution in [1.82, 2.24) is 9.88 Å². The van der Waals surface area contributed by atoms with Crippen molar-refractivity contribution in [3.8, 4) is 0 Å². The molecule has 5 heteroatoms. The molecule has 0 N–H and O–H groups in total. The van der Waals surface area contributed by atoms with E-state index in [1.165, 1.54) is 12.0 Å². The van der Waals surface area contributed by atoms with E-state index in [2.05, 4.69) is 23.0 Å². The molecule has 1 atom stereocenters. The number of hydrogen-bond donors (Lipinski definition) is 0. The molecule has 126 valence electrons. The van der Waals surface area contributed by atoms with Gasteiger partial charge < -0.3 is 4.74 Å². The van der Waals surface area contributed by atoms with Gasteiger partial charge >= 0.3 is 5.97 Å². The van der Waals surface area contributed by atoms with Gasteiger partial charge in [0, 0.05) is 18.7 Å². The molecule has 1 saturated heterocycles. The van der Waals surface area contributed by atoms with Gasteiger partial charge in [-0.25, -0.2) is 9.78 Å². The van der Waals surface area contributed by atoms with E-state index in [9.17, 15) is 4.79 Å². The summed E-state index contributed by atoms with van der Waals surface area (Å²) >= 11 is 6.21. The van der Waals surface area contributed by atoms with Crippen LogP contribution in [0.2, 0.25) is 5.15 Å². The quantitative estimate of drug-likeness (QED) is 0.609. The van der Waals surface area contributed by atoms with E-state index in [-0.39, 0.29) is 5.97 Å². The van der Waals surface area contributed by atoms with Gasteiger partial charge in [0.1, 0.15) is 5.15 Å². The summed E-state index contributed by atoms with van der Waals surface area (Å²) in [5, 5.41) is 0.482. The van der Waals surface area contributed by atoms with Crippen molar-refractivity contribution < 1.29 is 9.53 Å². The van der Waals surface area contributed by atoms with Gasteiger partial charge in [-0.1, -0.05) is 29.8 Å². The molecule has 2 heterocycles. The maximum absolute atomic E-state index is 12.0. The number of carbonyl (C=O) groups is 1. The average molecular weight is 345 g/mol. The molecule has 0 aliphatic carbocycles. The number of halogens is 1. The Morgan fingerprint density at radius 1 is 1.38 bits per heavy atom. The molecule has 0 saturated carbocycles. The summed E-state index contributed by atoms with van der Waals surface area (Å²) in [5.41, 5.74) is 2.67. The van der Waals surface area contributed by atoms with Crippen LogP contribution >= 0.6 is 11.6 Å². The van der Waals surface area contributed by atoms with Crippen molar-refractivity contribution >= 4 is 17.6 Å². The SMILES string of the molecule is CN1CCC[C@H]1c1cnc(Cl)c(CCOC(=O)c2ccccc2)c1. The zero-order chi connectivity index (χ0) is 16.9. The van der Waals surface area contributed by atoms with Crippen molar-refractivity contribution in [3.05, 3.63) is 64.4 Å². The predicted octanol–water partition coefficient (Wildman–Crippen LogP) is 3.90. The molecular weight excluding hydrogens is 324 g/mol. The number of likely N-dealkylation sites (tertiary alicyclic amines) is 1. The highest BCUT2D eigenvalue weighted by molar-refractivity contribution is 6.30. The molecule has 4 nitrogen and oxygen atoms in total. The van der Waals surface area contributed by atoms with Crippen LogP contribution in [0.1, 0.15) is 40.4 Å². The molecule has 1 aromatic heterocycles. The van der Waals surface area contributed by atoms with Crippen LogP contribution in [0.25, 0.3) is 0 Å². The van der Waals surface area contributed by atoms with Crippen LogP contribution in [0.4, 0.5) is 0 Å². The van der Waals surface area contributed by atoms with Gasteiger partial charge in [-0.3, -0.25) is 4.90 Å². The Labute approximate surface area is 147 Å². The Kier molecular flexibility index (Phi) is 5.48. The summed E-state index contributed by atoms with van der Waals surface area (Å²) in [7, 11) is 2.13. The van der Waals surface area contributed by atoms with Crippen molar-refractivity contribution in [2.45, 2.75) is 25.3 Å². The molecule has 1 aromatic carbocycles. The van der Waals surface area contributed by atoms with Gasteiger partial charge in [0.05, 0.1) is 12.2 Å².